The van der Waals surface area contributed by atoms with Crippen LogP contribution >= 0.6 is 11.6 Å². The second-order valence-electron chi connectivity index (χ2n) is 6.00. The van der Waals surface area contributed by atoms with Crippen LogP contribution in [0, 0.1) is 12.8 Å². The van der Waals surface area contributed by atoms with Crippen molar-refractivity contribution in [3.05, 3.63) is 64.7 Å². The van der Waals surface area contributed by atoms with E-state index in [2.05, 4.69) is 5.32 Å². The van der Waals surface area contributed by atoms with Crippen molar-refractivity contribution in [2.45, 2.75) is 19.9 Å². The van der Waals surface area contributed by atoms with E-state index in [0.29, 0.717) is 23.8 Å². The number of nitrogens with zero attached hydrogens (tertiary/aromatic N) is 1. The van der Waals surface area contributed by atoms with Crippen LogP contribution in [0.25, 0.3) is 0 Å². The molecule has 1 atom stereocenters. The summed E-state index contributed by atoms with van der Waals surface area (Å²) in [5.74, 6) is -0.516. The second-order valence-corrected chi connectivity index (χ2v) is 6.41. The molecule has 2 aromatic carbocycles. The second kappa shape index (κ2) is 7.05. The predicted octanol–water partition coefficient (Wildman–Crippen LogP) is 3.32. The first-order valence-corrected chi connectivity index (χ1v) is 8.31. The van der Waals surface area contributed by atoms with Gasteiger partial charge >= 0.3 is 0 Å². The van der Waals surface area contributed by atoms with Gasteiger partial charge in [0.15, 0.2) is 0 Å². The van der Waals surface area contributed by atoms with Crippen LogP contribution in [-0.4, -0.2) is 18.4 Å². The maximum Gasteiger partial charge on any atom is 0.227 e. The molecule has 0 radical (unpaired) electrons. The molecule has 1 saturated heterocycles. The van der Waals surface area contributed by atoms with E-state index in [1.54, 1.807) is 17.0 Å². The van der Waals surface area contributed by atoms with Gasteiger partial charge in [0, 0.05) is 19.5 Å². The minimum Gasteiger partial charge on any atom is -0.352 e. The van der Waals surface area contributed by atoms with Gasteiger partial charge in [0.2, 0.25) is 11.8 Å². The van der Waals surface area contributed by atoms with Crippen molar-refractivity contribution in [3.8, 4) is 0 Å². The molecule has 1 heterocycles. The lowest BCUT2D eigenvalue weighted by molar-refractivity contribution is -0.126. The Labute approximate surface area is 146 Å². The zero-order chi connectivity index (χ0) is 17.1. The summed E-state index contributed by atoms with van der Waals surface area (Å²) in [7, 11) is 0. The molecular formula is C19H19ClN2O2. The van der Waals surface area contributed by atoms with Gasteiger partial charge in [-0.15, -0.1) is 0 Å². The molecule has 0 saturated carbocycles. The van der Waals surface area contributed by atoms with Crippen LogP contribution in [0.4, 0.5) is 5.69 Å². The molecule has 24 heavy (non-hydrogen) atoms. The monoisotopic (exact) mass is 342 g/mol. The van der Waals surface area contributed by atoms with Gasteiger partial charge in [0.1, 0.15) is 0 Å². The molecule has 1 aliphatic rings. The maximum atomic E-state index is 12.4. The first kappa shape index (κ1) is 16.5. The molecular weight excluding hydrogens is 324 g/mol. The number of amides is 2. The highest BCUT2D eigenvalue weighted by Gasteiger charge is 2.35. The van der Waals surface area contributed by atoms with Gasteiger partial charge in [-0.3, -0.25) is 9.59 Å². The number of aryl methyl sites for hydroxylation is 1. The van der Waals surface area contributed by atoms with Crippen molar-refractivity contribution in [1.82, 2.24) is 5.32 Å². The van der Waals surface area contributed by atoms with Crippen LogP contribution in [0.2, 0.25) is 5.02 Å². The Kier molecular flexibility index (Phi) is 4.86. The van der Waals surface area contributed by atoms with E-state index in [4.69, 9.17) is 11.6 Å². The number of carbonyl (C=O) groups is 2. The average Bonchev–Trinajstić information content (AvgIpc) is 2.96. The van der Waals surface area contributed by atoms with Gasteiger partial charge in [-0.05, 0) is 30.2 Å². The first-order chi connectivity index (χ1) is 11.6. The zero-order valence-corrected chi connectivity index (χ0v) is 14.2. The molecule has 124 valence electrons. The summed E-state index contributed by atoms with van der Waals surface area (Å²) in [5.41, 5.74) is 2.88. The van der Waals surface area contributed by atoms with Crippen LogP contribution in [-0.2, 0) is 16.1 Å². The van der Waals surface area contributed by atoms with E-state index in [1.165, 1.54) is 0 Å². The number of anilines is 1. The molecule has 2 aromatic rings. The normalized spacial score (nSPS) is 17.2. The zero-order valence-electron chi connectivity index (χ0n) is 13.5. The lowest BCUT2D eigenvalue weighted by Gasteiger charge is -2.18. The van der Waals surface area contributed by atoms with Crippen molar-refractivity contribution in [1.29, 1.82) is 0 Å². The van der Waals surface area contributed by atoms with Crippen LogP contribution in [0.3, 0.4) is 0 Å². The average molecular weight is 343 g/mol. The Morgan fingerprint density at radius 1 is 1.21 bits per heavy atom. The number of para-hydroxylation sites is 1. The number of benzene rings is 2. The number of carbonyl (C=O) groups excluding carboxylic acids is 2. The van der Waals surface area contributed by atoms with Crippen molar-refractivity contribution < 1.29 is 9.59 Å². The smallest absolute Gasteiger partial charge is 0.227 e. The number of rotatable bonds is 4. The summed E-state index contributed by atoms with van der Waals surface area (Å²) in [6.45, 7) is 2.85. The molecule has 2 amide bonds. The number of hydrogen-bond acceptors (Lipinski definition) is 2. The largest absolute Gasteiger partial charge is 0.352 e. The summed E-state index contributed by atoms with van der Waals surface area (Å²) in [6, 6.07) is 15.1. The molecule has 4 nitrogen and oxygen atoms in total. The highest BCUT2D eigenvalue weighted by molar-refractivity contribution is 6.33. The Morgan fingerprint density at radius 2 is 1.92 bits per heavy atom. The quantitative estimate of drug-likeness (QED) is 0.926. The lowest BCUT2D eigenvalue weighted by Crippen LogP contribution is -2.32. The molecule has 5 heteroatoms. The summed E-state index contributed by atoms with van der Waals surface area (Å²) < 4.78 is 0. The van der Waals surface area contributed by atoms with Crippen LogP contribution in [0.1, 0.15) is 17.5 Å². The van der Waals surface area contributed by atoms with Gasteiger partial charge in [-0.2, -0.15) is 0 Å². The van der Waals surface area contributed by atoms with Gasteiger partial charge in [0.25, 0.3) is 0 Å². The summed E-state index contributed by atoms with van der Waals surface area (Å²) in [6.07, 6.45) is 0.213. The fourth-order valence-corrected chi connectivity index (χ4v) is 3.16. The lowest BCUT2D eigenvalue weighted by atomic mass is 10.1. The molecule has 0 unspecified atom stereocenters. The minimum absolute atomic E-state index is 0.0702. The molecule has 0 bridgehead atoms. The van der Waals surface area contributed by atoms with E-state index in [-0.39, 0.29) is 24.2 Å². The minimum atomic E-state index is -0.349. The topological polar surface area (TPSA) is 49.4 Å². The van der Waals surface area contributed by atoms with E-state index in [1.807, 2.05) is 43.3 Å². The first-order valence-electron chi connectivity index (χ1n) is 7.93. The molecule has 0 spiro atoms. The Hall–Kier alpha value is -2.33. The van der Waals surface area contributed by atoms with Crippen molar-refractivity contribution in [3.63, 3.8) is 0 Å². The van der Waals surface area contributed by atoms with Gasteiger partial charge in [0.05, 0.1) is 16.6 Å². The molecule has 1 aliphatic heterocycles. The molecule has 1 fully saturated rings. The van der Waals surface area contributed by atoms with E-state index < -0.39 is 0 Å². The number of halogens is 1. The fourth-order valence-electron chi connectivity index (χ4n) is 2.92. The highest BCUT2D eigenvalue weighted by Crippen LogP contribution is 2.31. The molecule has 1 N–H and O–H groups in total. The summed E-state index contributed by atoms with van der Waals surface area (Å²) in [5, 5.41) is 3.46. The Bertz CT molecular complexity index is 775. The predicted molar refractivity (Wildman–Crippen MR) is 94.9 cm³/mol. The Morgan fingerprint density at radius 3 is 2.67 bits per heavy atom. The third-order valence-corrected chi connectivity index (χ3v) is 4.67. The maximum absolute atomic E-state index is 12.4. The third kappa shape index (κ3) is 3.44. The van der Waals surface area contributed by atoms with Crippen molar-refractivity contribution in [2.24, 2.45) is 5.92 Å². The summed E-state index contributed by atoms with van der Waals surface area (Å²) >= 11 is 6.16. The van der Waals surface area contributed by atoms with Crippen molar-refractivity contribution in [2.75, 3.05) is 11.4 Å². The van der Waals surface area contributed by atoms with Crippen LogP contribution < -0.4 is 10.2 Å². The SMILES string of the molecule is Cc1ccccc1CNC(=O)[C@@H]1CC(=O)N(c2ccccc2Cl)C1. The fraction of sp³-hybridized carbons (Fsp3) is 0.263. The summed E-state index contributed by atoms with van der Waals surface area (Å²) in [4.78, 5) is 26.3. The van der Waals surface area contributed by atoms with Gasteiger partial charge in [-0.25, -0.2) is 0 Å². The molecule has 0 aliphatic carbocycles. The highest BCUT2D eigenvalue weighted by atomic mass is 35.5. The van der Waals surface area contributed by atoms with Crippen LogP contribution in [0.5, 0.6) is 0 Å². The standard InChI is InChI=1S/C19H19ClN2O2/c1-13-6-2-3-7-14(13)11-21-19(24)15-10-18(23)22(12-15)17-9-5-4-8-16(17)20/h2-9,15H,10-12H2,1H3,(H,21,24)/t15-/m1/s1. The van der Waals surface area contributed by atoms with Crippen LogP contribution in [0.15, 0.2) is 48.5 Å². The Balaban J connectivity index is 1.64. The van der Waals surface area contributed by atoms with E-state index in [9.17, 15) is 9.59 Å². The van der Waals surface area contributed by atoms with Gasteiger partial charge in [-0.1, -0.05) is 48.0 Å². The van der Waals surface area contributed by atoms with E-state index >= 15 is 0 Å². The molecule has 3 rings (SSSR count). The third-order valence-electron chi connectivity index (χ3n) is 4.35. The molecule has 0 aromatic heterocycles. The van der Waals surface area contributed by atoms with Crippen molar-refractivity contribution >= 4 is 29.1 Å². The number of nitrogens with one attached hydrogen (secondary N) is 1. The van der Waals surface area contributed by atoms with Gasteiger partial charge < -0.3 is 10.2 Å². The van der Waals surface area contributed by atoms with E-state index in [0.717, 1.165) is 11.1 Å². The number of hydrogen-bond donors (Lipinski definition) is 1.